The molecule has 0 unspecified atom stereocenters. The van der Waals surface area contributed by atoms with Gasteiger partial charge in [0.1, 0.15) is 4.88 Å². The largest absolute Gasteiger partial charge is 0.462 e. The highest BCUT2D eigenvalue weighted by Gasteiger charge is 2.44. The van der Waals surface area contributed by atoms with Crippen LogP contribution in [0.1, 0.15) is 28.4 Å². The Hall–Kier alpha value is -1.50. The molecule has 0 spiro atoms. The van der Waals surface area contributed by atoms with E-state index in [4.69, 9.17) is 0 Å². The highest BCUT2D eigenvalue weighted by molar-refractivity contribution is 7.14. The van der Waals surface area contributed by atoms with Gasteiger partial charge in [0, 0.05) is 0 Å². The van der Waals surface area contributed by atoms with E-state index >= 15 is 0 Å². The van der Waals surface area contributed by atoms with Crippen LogP contribution < -0.4 is 0 Å². The van der Waals surface area contributed by atoms with Crippen molar-refractivity contribution in [1.82, 2.24) is 0 Å². The predicted octanol–water partition coefficient (Wildman–Crippen LogP) is 2.58. The molecule has 0 aromatic carbocycles. The molecular weight excluding hydrogens is 266 g/mol. The fourth-order valence-electron chi connectivity index (χ4n) is 1.14. The third-order valence-corrected chi connectivity index (χ3v) is 3.06. The normalized spacial score (nSPS) is 11.1. The molecule has 1 aromatic heterocycles. The van der Waals surface area contributed by atoms with Crippen molar-refractivity contribution in [2.24, 2.45) is 0 Å². The van der Waals surface area contributed by atoms with Gasteiger partial charge in [0.2, 0.25) is 0 Å². The van der Waals surface area contributed by atoms with E-state index in [-0.39, 0.29) is 18.1 Å². The van der Waals surface area contributed by atoms with E-state index in [1.54, 1.807) is 6.92 Å². The molecule has 0 bridgehead atoms. The molecule has 0 aliphatic heterocycles. The molecule has 1 heterocycles. The maximum absolute atomic E-state index is 13.6. The molecule has 100 valence electrons. The average molecular weight is 278 g/mol. The summed E-state index contributed by atoms with van der Waals surface area (Å²) in [6.07, 6.45) is 0. The minimum Gasteiger partial charge on any atom is -0.462 e. The summed E-state index contributed by atoms with van der Waals surface area (Å²) in [7, 11) is 0. The summed E-state index contributed by atoms with van der Waals surface area (Å²) < 4.78 is 36.1. The van der Waals surface area contributed by atoms with Crippen LogP contribution in [0.5, 0.6) is 0 Å². The average Bonchev–Trinajstić information content (AvgIpc) is 2.79. The van der Waals surface area contributed by atoms with Crippen LogP contribution in [0.25, 0.3) is 0 Å². The minimum absolute atomic E-state index is 0.0239. The number of thiophene rings is 1. The highest BCUT2D eigenvalue weighted by atomic mass is 32.1. The molecule has 0 saturated heterocycles. The van der Waals surface area contributed by atoms with Crippen LogP contribution >= 0.6 is 11.3 Å². The summed E-state index contributed by atoms with van der Waals surface area (Å²) in [5.74, 6) is -6.05. The van der Waals surface area contributed by atoms with Crippen LogP contribution in [0.4, 0.5) is 8.78 Å². The molecule has 0 aliphatic carbocycles. The van der Waals surface area contributed by atoms with Gasteiger partial charge in [-0.15, -0.1) is 11.3 Å². The molecular formula is C11H12F2O4S. The van der Waals surface area contributed by atoms with Crippen molar-refractivity contribution in [3.63, 3.8) is 0 Å². The van der Waals surface area contributed by atoms with Crippen LogP contribution in [0, 0.1) is 0 Å². The zero-order valence-electron chi connectivity index (χ0n) is 9.87. The number of ether oxygens (including phenoxy) is 2. The Labute approximate surface area is 107 Å². The topological polar surface area (TPSA) is 52.6 Å². The fraction of sp³-hybridized carbons (Fsp3) is 0.455. The number of carbonyl (C=O) groups is 2. The minimum atomic E-state index is -3.74. The Morgan fingerprint density at radius 3 is 2.39 bits per heavy atom. The molecule has 0 fully saturated rings. The third-order valence-electron chi connectivity index (χ3n) is 1.92. The Bertz CT molecular complexity index is 442. The zero-order valence-corrected chi connectivity index (χ0v) is 10.7. The lowest BCUT2D eigenvalue weighted by atomic mass is 10.3. The van der Waals surface area contributed by atoms with Gasteiger partial charge in [0.05, 0.1) is 18.1 Å². The Kier molecular flexibility index (Phi) is 4.77. The number of alkyl halides is 2. The van der Waals surface area contributed by atoms with Gasteiger partial charge >= 0.3 is 17.9 Å². The monoisotopic (exact) mass is 278 g/mol. The lowest BCUT2D eigenvalue weighted by Gasteiger charge is -2.12. The van der Waals surface area contributed by atoms with E-state index in [9.17, 15) is 18.4 Å². The molecule has 0 N–H and O–H groups in total. The van der Waals surface area contributed by atoms with Crippen LogP contribution in [-0.4, -0.2) is 25.2 Å². The summed E-state index contributed by atoms with van der Waals surface area (Å²) in [6, 6.07) is 2.22. The first-order chi connectivity index (χ1) is 8.43. The van der Waals surface area contributed by atoms with Gasteiger partial charge in [-0.3, -0.25) is 0 Å². The van der Waals surface area contributed by atoms with E-state index in [1.807, 2.05) is 0 Å². The molecule has 1 aromatic rings. The Balaban J connectivity index is 2.90. The second kappa shape index (κ2) is 5.90. The molecule has 0 radical (unpaired) electrons. The Morgan fingerprint density at radius 2 is 1.83 bits per heavy atom. The van der Waals surface area contributed by atoms with Crippen LogP contribution in [0.3, 0.4) is 0 Å². The Morgan fingerprint density at radius 1 is 1.22 bits per heavy atom. The summed E-state index contributed by atoms with van der Waals surface area (Å²) in [6.45, 7) is 3.07. The van der Waals surface area contributed by atoms with Crippen molar-refractivity contribution < 1.29 is 27.8 Å². The van der Waals surface area contributed by atoms with Crippen molar-refractivity contribution in [2.45, 2.75) is 19.8 Å². The van der Waals surface area contributed by atoms with Gasteiger partial charge in [-0.1, -0.05) is 0 Å². The maximum atomic E-state index is 13.6. The van der Waals surface area contributed by atoms with Crippen molar-refractivity contribution in [3.8, 4) is 0 Å². The van der Waals surface area contributed by atoms with Gasteiger partial charge in [-0.2, -0.15) is 8.78 Å². The number of halogens is 2. The predicted molar refractivity (Wildman–Crippen MR) is 60.8 cm³/mol. The highest BCUT2D eigenvalue weighted by Crippen LogP contribution is 2.35. The molecule has 0 saturated carbocycles. The van der Waals surface area contributed by atoms with E-state index in [0.29, 0.717) is 11.3 Å². The number of carbonyl (C=O) groups excluding carboxylic acids is 2. The fourth-order valence-corrected chi connectivity index (χ4v) is 2.00. The van der Waals surface area contributed by atoms with Crippen molar-refractivity contribution >= 4 is 23.3 Å². The molecule has 0 atom stereocenters. The number of rotatable bonds is 5. The zero-order chi connectivity index (χ0) is 13.8. The van der Waals surface area contributed by atoms with Crippen LogP contribution in [-0.2, 0) is 20.2 Å². The molecule has 7 heteroatoms. The molecule has 4 nitrogen and oxygen atoms in total. The first-order valence-corrected chi connectivity index (χ1v) is 6.07. The van der Waals surface area contributed by atoms with Gasteiger partial charge in [-0.25, -0.2) is 9.59 Å². The van der Waals surface area contributed by atoms with E-state index in [0.717, 1.165) is 6.07 Å². The second-order valence-electron chi connectivity index (χ2n) is 3.18. The molecule has 18 heavy (non-hydrogen) atoms. The van der Waals surface area contributed by atoms with Crippen molar-refractivity contribution in [3.05, 3.63) is 21.9 Å². The van der Waals surface area contributed by atoms with E-state index in [2.05, 4.69) is 9.47 Å². The first-order valence-electron chi connectivity index (χ1n) is 5.25. The standard InChI is InChI=1S/C11H12F2O4S/c1-3-16-9(14)7-5-6-8(18-7)11(12,13)10(15)17-4-2/h5-6H,3-4H2,1-2H3. The molecule has 1 rings (SSSR count). The van der Waals surface area contributed by atoms with Crippen molar-refractivity contribution in [2.75, 3.05) is 13.2 Å². The third kappa shape index (κ3) is 3.04. The van der Waals surface area contributed by atoms with Gasteiger partial charge in [0.25, 0.3) is 0 Å². The SMILES string of the molecule is CCOC(=O)c1ccc(C(F)(F)C(=O)OCC)s1. The lowest BCUT2D eigenvalue weighted by Crippen LogP contribution is -2.27. The summed E-state index contributed by atoms with van der Waals surface area (Å²) >= 11 is 0.517. The number of esters is 2. The molecule has 0 aliphatic rings. The second-order valence-corrected chi connectivity index (χ2v) is 4.26. The first kappa shape index (κ1) is 14.6. The smallest absolute Gasteiger partial charge is 0.382 e. The lowest BCUT2D eigenvalue weighted by molar-refractivity contribution is -0.172. The van der Waals surface area contributed by atoms with Crippen molar-refractivity contribution in [1.29, 1.82) is 0 Å². The quantitative estimate of drug-likeness (QED) is 0.777. The molecule has 0 amide bonds. The summed E-state index contributed by atoms with van der Waals surface area (Å²) in [5.41, 5.74) is 0. The summed E-state index contributed by atoms with van der Waals surface area (Å²) in [5, 5.41) is 0. The van der Waals surface area contributed by atoms with Gasteiger partial charge in [0.15, 0.2) is 0 Å². The number of hydrogen-bond donors (Lipinski definition) is 0. The van der Waals surface area contributed by atoms with E-state index < -0.39 is 22.7 Å². The van der Waals surface area contributed by atoms with Gasteiger partial charge in [-0.05, 0) is 26.0 Å². The van der Waals surface area contributed by atoms with Crippen LogP contribution in [0.15, 0.2) is 12.1 Å². The summed E-state index contributed by atoms with van der Waals surface area (Å²) in [4.78, 5) is 21.9. The van der Waals surface area contributed by atoms with Crippen LogP contribution in [0.2, 0.25) is 0 Å². The van der Waals surface area contributed by atoms with E-state index in [1.165, 1.54) is 13.0 Å². The number of hydrogen-bond acceptors (Lipinski definition) is 5. The van der Waals surface area contributed by atoms with Gasteiger partial charge < -0.3 is 9.47 Å². The maximum Gasteiger partial charge on any atom is 0.382 e.